The molecule has 16 rings (SSSR count). The van der Waals surface area contributed by atoms with Crippen LogP contribution in [0.2, 0.25) is 0 Å². The summed E-state index contributed by atoms with van der Waals surface area (Å²) >= 11 is 0. The number of hydrogen-bond donors (Lipinski definition) is 0. The Bertz CT molecular complexity index is 5090. The Labute approximate surface area is 753 Å². The molecular weight excluding hydrogens is 1640 g/mol. The predicted octanol–water partition coefficient (Wildman–Crippen LogP) is 17.8. The van der Waals surface area contributed by atoms with Gasteiger partial charge in [-0.2, -0.15) is 0 Å². The first kappa shape index (κ1) is 91.7. The molecule has 5 saturated heterocycles. The molecule has 129 heavy (non-hydrogen) atoms. The highest BCUT2D eigenvalue weighted by Crippen LogP contribution is 2.43. The summed E-state index contributed by atoms with van der Waals surface area (Å²) in [4.78, 5) is 17.3. The van der Waals surface area contributed by atoms with E-state index in [1.165, 1.54) is 0 Å². The van der Waals surface area contributed by atoms with Gasteiger partial charge in [0.25, 0.3) is 0 Å². The van der Waals surface area contributed by atoms with Crippen LogP contribution >= 0.6 is 0 Å². The summed E-state index contributed by atoms with van der Waals surface area (Å²) in [6.07, 6.45) is -20.7. The van der Waals surface area contributed by atoms with E-state index in [-0.39, 0.29) is 98.9 Å². The Morgan fingerprint density at radius 1 is 0.349 bits per heavy atom. The standard InChI is InChI=1S/C105H111N3O21/c1-73(101(109)119-68-83-53-31-11-32-54-83)58-120-103-91(107-108-106)96(93-89(123-103)72-121-102(127-93)84-55-33-12-34-56-84)129-105-100(118-67-82-51-29-10-30-52-82)98(116-65-80-47-25-8-26-48-80)95(88(125-105)71-112-61-76-39-17-4-18-40-76)128-104-99(117-66-81-49-27-9-28-50-81)97(115-64-79-45-23-7-24-46-79)94(87(124-104)70-111-60-75-37-15-3-16-38-75)126-90-57-85(113-62-77-41-19-5-20-42-77)92(114-63-78-43-21-6-22-44-78)86(122-90)69-110-59-74-35-13-2-14-36-74/h2-56,73,85-100,102-105H,57-72H2,1H3/t73-,85?,86?,87?,88?,89?,90?,91?,92?,93?,94?,95?,96?,97?,98?,99?,100?,102?,103?,104?,105?/m0/s1. The van der Waals surface area contributed by atoms with Crippen LogP contribution in [0.4, 0.5) is 0 Å². The fourth-order valence-corrected chi connectivity index (χ4v) is 16.5. The molecule has 0 spiro atoms. The minimum atomic E-state index is -1.47. The third-order valence-electron chi connectivity index (χ3n) is 23.2. The van der Waals surface area contributed by atoms with E-state index in [1.807, 2.05) is 334 Å². The van der Waals surface area contributed by atoms with Gasteiger partial charge in [-0.15, -0.1) is 0 Å². The predicted molar refractivity (Wildman–Crippen MR) is 477 cm³/mol. The molecule has 5 fully saturated rings. The first-order valence-electron chi connectivity index (χ1n) is 44.3. The molecular formula is C105H111N3O21. The summed E-state index contributed by atoms with van der Waals surface area (Å²) in [7, 11) is 0. The number of azide groups is 1. The van der Waals surface area contributed by atoms with Crippen LogP contribution < -0.4 is 0 Å². The molecule has 20 unspecified atom stereocenters. The largest absolute Gasteiger partial charge is 0.461 e. The number of carbonyl (C=O) groups excluding carboxylic acids is 1. The Morgan fingerprint density at radius 2 is 0.682 bits per heavy atom. The lowest BCUT2D eigenvalue weighted by Crippen LogP contribution is -2.68. The van der Waals surface area contributed by atoms with Gasteiger partial charge in [-0.25, -0.2) is 0 Å². The molecule has 672 valence electrons. The fraction of sp³-hybridized carbons (Fsp3) is 0.362. The molecule has 21 atom stereocenters. The van der Waals surface area contributed by atoms with Crippen LogP contribution in [-0.2, 0) is 166 Å². The van der Waals surface area contributed by atoms with Crippen LogP contribution in [0.3, 0.4) is 0 Å². The topological polar surface area (TPSA) is 250 Å². The number of hydrogen-bond acceptors (Lipinski definition) is 22. The van der Waals surface area contributed by atoms with E-state index in [0.29, 0.717) is 12.2 Å². The van der Waals surface area contributed by atoms with Crippen molar-refractivity contribution in [3.8, 4) is 0 Å². The van der Waals surface area contributed by atoms with Crippen molar-refractivity contribution in [3.05, 3.63) is 405 Å². The molecule has 11 aromatic rings. The molecule has 11 aromatic carbocycles. The smallest absolute Gasteiger partial charge is 0.311 e. The average Bonchev–Trinajstić information content (AvgIpc) is 0.765. The zero-order chi connectivity index (χ0) is 87.8. The summed E-state index contributed by atoms with van der Waals surface area (Å²) in [6, 6.07) is 107. The number of nitrogens with zero attached hydrogens (tertiary/aromatic N) is 3. The molecule has 24 heteroatoms. The lowest BCUT2D eigenvalue weighted by atomic mass is 9.94. The minimum Gasteiger partial charge on any atom is -0.461 e. The van der Waals surface area contributed by atoms with Gasteiger partial charge in [0, 0.05) is 16.9 Å². The zero-order valence-electron chi connectivity index (χ0n) is 72.1. The lowest BCUT2D eigenvalue weighted by Gasteiger charge is -2.52. The second kappa shape index (κ2) is 48.4. The average molecular weight is 1750 g/mol. The van der Waals surface area contributed by atoms with Gasteiger partial charge >= 0.3 is 5.97 Å². The van der Waals surface area contributed by atoms with Crippen LogP contribution in [0.15, 0.2) is 339 Å². The van der Waals surface area contributed by atoms with Crippen molar-refractivity contribution in [1.29, 1.82) is 0 Å². The number of ether oxygens (including phenoxy) is 20. The summed E-state index contributed by atoms with van der Waals surface area (Å²) in [5, 5.41) is 4.46. The molecule has 0 aromatic heterocycles. The molecule has 5 aliphatic rings. The van der Waals surface area contributed by atoms with Crippen LogP contribution in [0.5, 0.6) is 0 Å². The summed E-state index contributed by atoms with van der Waals surface area (Å²) in [6.45, 7) is 2.57. The van der Waals surface area contributed by atoms with Gasteiger partial charge in [-0.05, 0) is 68.1 Å². The quantitative estimate of drug-likeness (QED) is 0.0149. The second-order valence-electron chi connectivity index (χ2n) is 32.6. The van der Waals surface area contributed by atoms with Gasteiger partial charge in [0.1, 0.15) is 92.0 Å². The first-order chi connectivity index (χ1) is 63.7. The molecule has 5 heterocycles. The van der Waals surface area contributed by atoms with Crippen LogP contribution in [0.1, 0.15) is 80.8 Å². The maximum absolute atomic E-state index is 13.8. The molecule has 0 N–H and O–H groups in total. The highest BCUT2D eigenvalue weighted by Gasteiger charge is 2.59. The fourth-order valence-electron chi connectivity index (χ4n) is 16.5. The maximum atomic E-state index is 13.8. The Kier molecular flexibility index (Phi) is 34.4. The maximum Gasteiger partial charge on any atom is 0.311 e. The Morgan fingerprint density at radius 3 is 1.08 bits per heavy atom. The molecule has 24 nitrogen and oxygen atoms in total. The zero-order valence-corrected chi connectivity index (χ0v) is 72.1. The Hall–Kier alpha value is -10.6. The van der Waals surface area contributed by atoms with E-state index in [2.05, 4.69) is 10.0 Å². The van der Waals surface area contributed by atoms with Gasteiger partial charge in [-0.1, -0.05) is 339 Å². The number of carbonyl (C=O) groups is 1. The molecule has 0 aliphatic carbocycles. The van der Waals surface area contributed by atoms with E-state index in [1.54, 1.807) is 6.92 Å². The minimum absolute atomic E-state index is 0.00725. The summed E-state index contributed by atoms with van der Waals surface area (Å²) in [5.41, 5.74) is 20.4. The summed E-state index contributed by atoms with van der Waals surface area (Å²) < 4.78 is 144. The number of benzene rings is 11. The third-order valence-corrected chi connectivity index (χ3v) is 23.2. The van der Waals surface area contributed by atoms with Crippen LogP contribution in [0, 0.1) is 5.92 Å². The van der Waals surface area contributed by atoms with Crippen molar-refractivity contribution >= 4 is 5.97 Å². The normalized spacial score (nSPS) is 26.5. The van der Waals surface area contributed by atoms with Gasteiger partial charge in [-0.3, -0.25) is 4.79 Å². The summed E-state index contributed by atoms with van der Waals surface area (Å²) in [5.74, 6) is -1.34. The highest BCUT2D eigenvalue weighted by molar-refractivity contribution is 5.72. The molecule has 5 aliphatic heterocycles. The highest BCUT2D eigenvalue weighted by atomic mass is 16.8. The first-order valence-corrected chi connectivity index (χ1v) is 44.3. The van der Waals surface area contributed by atoms with Gasteiger partial charge in [0.2, 0.25) is 0 Å². The molecule has 0 saturated carbocycles. The van der Waals surface area contributed by atoms with Crippen molar-refractivity contribution in [2.45, 2.75) is 202 Å². The van der Waals surface area contributed by atoms with Gasteiger partial charge in [0.05, 0.1) is 105 Å². The Balaban J connectivity index is 0.802. The van der Waals surface area contributed by atoms with Crippen molar-refractivity contribution in [3.63, 3.8) is 0 Å². The number of esters is 1. The number of rotatable bonds is 44. The second-order valence-corrected chi connectivity index (χ2v) is 32.6. The molecule has 0 bridgehead atoms. The molecule has 0 radical (unpaired) electrons. The van der Waals surface area contributed by atoms with Crippen molar-refractivity contribution in [2.24, 2.45) is 11.0 Å². The van der Waals surface area contributed by atoms with E-state index < -0.39 is 135 Å². The van der Waals surface area contributed by atoms with Crippen molar-refractivity contribution < 1.29 is 99.5 Å². The van der Waals surface area contributed by atoms with E-state index in [0.717, 1.165) is 55.6 Å². The van der Waals surface area contributed by atoms with Gasteiger partial charge < -0.3 is 94.7 Å². The number of fused-ring (bicyclic) bond motifs is 1. The van der Waals surface area contributed by atoms with Gasteiger partial charge in [0.15, 0.2) is 31.5 Å². The monoisotopic (exact) mass is 1750 g/mol. The van der Waals surface area contributed by atoms with Crippen molar-refractivity contribution in [1.82, 2.24) is 0 Å². The molecule has 0 amide bonds. The van der Waals surface area contributed by atoms with Crippen molar-refractivity contribution in [2.75, 3.05) is 33.0 Å². The van der Waals surface area contributed by atoms with E-state index in [4.69, 9.17) is 94.7 Å². The van der Waals surface area contributed by atoms with E-state index in [9.17, 15) is 10.3 Å². The third kappa shape index (κ3) is 26.4. The lowest BCUT2D eigenvalue weighted by molar-refractivity contribution is -0.401. The van der Waals surface area contributed by atoms with E-state index >= 15 is 0 Å². The SMILES string of the molecule is C[C@@H](COC1OC2COC(c3ccccc3)OC2C(OC2OC(COCc3ccccc3)C(OC3OC(COCc4ccccc4)C(OC4CC(OCc5ccccc5)C(OCc5ccccc5)C(COCc5ccccc5)O4)C(OCc4ccccc4)C3OCc3ccccc3)C(OCc3ccccc3)C2OCc2ccccc2)C1N=[N+]=[N-])C(=O)OCc1ccccc1. The van der Waals surface area contributed by atoms with Crippen LogP contribution in [0.25, 0.3) is 10.4 Å². The van der Waals surface area contributed by atoms with Crippen LogP contribution in [-0.4, -0.2) is 156 Å².